The molecule has 3 heterocycles. The van der Waals surface area contributed by atoms with Crippen molar-refractivity contribution in [3.63, 3.8) is 0 Å². The first kappa shape index (κ1) is 22.6. The minimum atomic E-state index is 0.348. The molecule has 0 radical (unpaired) electrons. The number of likely N-dealkylation sites (N-methyl/N-ethyl adjacent to an activating group) is 1. The van der Waals surface area contributed by atoms with Crippen molar-refractivity contribution in [2.75, 3.05) is 45.4 Å². The number of methoxy groups -OCH3 is 1. The Morgan fingerprint density at radius 1 is 1.09 bits per heavy atom. The fourth-order valence-electron chi connectivity index (χ4n) is 3.67. The van der Waals surface area contributed by atoms with Crippen molar-refractivity contribution in [2.45, 2.75) is 0 Å². The molecule has 0 fully saturated rings. The lowest BCUT2D eigenvalue weighted by Crippen LogP contribution is -2.22. The van der Waals surface area contributed by atoms with Crippen molar-refractivity contribution < 1.29 is 13.9 Å². The van der Waals surface area contributed by atoms with E-state index in [-0.39, 0.29) is 0 Å². The van der Waals surface area contributed by atoms with E-state index in [1.54, 1.807) is 29.8 Å². The summed E-state index contributed by atoms with van der Waals surface area (Å²) in [5, 5.41) is 13.3. The average molecular weight is 490 g/mol. The molecule has 0 atom stereocenters. The topological polar surface area (TPSA) is 71.5 Å². The molecular weight excluding hydrogens is 466 g/mol. The molecule has 8 heteroatoms. The lowest BCUT2D eigenvalue weighted by atomic mass is 10.2. The molecule has 5 aromatic rings. The minimum absolute atomic E-state index is 0.348. The van der Waals surface area contributed by atoms with Gasteiger partial charge in [-0.2, -0.15) is 5.26 Å². The molecule has 172 valence electrons. The van der Waals surface area contributed by atoms with E-state index in [2.05, 4.69) is 47.3 Å². The van der Waals surface area contributed by atoms with Crippen molar-refractivity contribution in [2.24, 2.45) is 0 Å². The summed E-state index contributed by atoms with van der Waals surface area (Å²) in [7, 11) is 3.77. The maximum Gasteiger partial charge on any atom is 0.238 e. The van der Waals surface area contributed by atoms with Crippen LogP contribution in [0, 0.1) is 11.3 Å². The number of rotatable bonds is 9. The van der Waals surface area contributed by atoms with Gasteiger partial charge in [0.2, 0.25) is 5.89 Å². The molecular formula is C26H23N3O3S2. The SMILES string of the molecule is COCCOCCN(C)c1cc2cc3cc(/C=C(\C#N)c4nc5ccccc5o4)sc3cc2s1. The Hall–Kier alpha value is -3.22. The largest absolute Gasteiger partial charge is 0.435 e. The predicted octanol–water partition coefficient (Wildman–Crippen LogP) is 6.42. The van der Waals surface area contributed by atoms with Crippen LogP contribution in [0.25, 0.3) is 42.9 Å². The Morgan fingerprint density at radius 3 is 2.74 bits per heavy atom. The Bertz CT molecular complexity index is 1440. The van der Waals surface area contributed by atoms with Crippen LogP contribution >= 0.6 is 22.7 Å². The van der Waals surface area contributed by atoms with E-state index in [1.165, 1.54) is 19.8 Å². The van der Waals surface area contributed by atoms with E-state index in [0.717, 1.165) is 22.3 Å². The fourth-order valence-corrected chi connectivity index (χ4v) is 5.84. The van der Waals surface area contributed by atoms with Crippen LogP contribution in [0.3, 0.4) is 0 Å². The average Bonchev–Trinajstić information content (AvgIpc) is 3.55. The smallest absolute Gasteiger partial charge is 0.238 e. The maximum atomic E-state index is 9.72. The van der Waals surface area contributed by atoms with Crippen LogP contribution in [0.4, 0.5) is 5.00 Å². The van der Waals surface area contributed by atoms with Gasteiger partial charge in [-0.15, -0.1) is 22.7 Å². The van der Waals surface area contributed by atoms with E-state index in [1.807, 2.05) is 30.3 Å². The first-order valence-electron chi connectivity index (χ1n) is 10.9. The van der Waals surface area contributed by atoms with Gasteiger partial charge in [0.1, 0.15) is 17.2 Å². The summed E-state index contributed by atoms with van der Waals surface area (Å²) in [6.07, 6.45) is 1.85. The first-order chi connectivity index (χ1) is 16.6. The number of ether oxygens (including phenoxy) is 2. The van der Waals surface area contributed by atoms with Gasteiger partial charge in [-0.1, -0.05) is 12.1 Å². The predicted molar refractivity (Wildman–Crippen MR) is 141 cm³/mol. The second kappa shape index (κ2) is 9.95. The summed E-state index contributed by atoms with van der Waals surface area (Å²) >= 11 is 3.44. The molecule has 0 aliphatic heterocycles. The summed E-state index contributed by atoms with van der Waals surface area (Å²) in [4.78, 5) is 7.68. The van der Waals surface area contributed by atoms with Crippen LogP contribution in [-0.4, -0.2) is 45.5 Å². The van der Waals surface area contributed by atoms with Crippen molar-refractivity contribution in [3.8, 4) is 6.07 Å². The molecule has 0 saturated carbocycles. The molecule has 3 aromatic heterocycles. The van der Waals surface area contributed by atoms with Crippen LogP contribution in [0.2, 0.25) is 0 Å². The summed E-state index contributed by atoms with van der Waals surface area (Å²) in [6.45, 7) is 2.72. The van der Waals surface area contributed by atoms with Crippen molar-refractivity contribution in [1.82, 2.24) is 4.98 Å². The number of hydrogen-bond acceptors (Lipinski definition) is 8. The van der Waals surface area contributed by atoms with Crippen LogP contribution < -0.4 is 4.90 Å². The van der Waals surface area contributed by atoms with Crippen molar-refractivity contribution in [3.05, 3.63) is 59.3 Å². The number of nitrogens with zero attached hydrogens (tertiary/aromatic N) is 3. The highest BCUT2D eigenvalue weighted by atomic mass is 32.1. The first-order valence-corrected chi connectivity index (χ1v) is 12.5. The summed E-state index contributed by atoms with van der Waals surface area (Å²) in [5.74, 6) is 0.348. The van der Waals surface area contributed by atoms with E-state index < -0.39 is 0 Å². The van der Waals surface area contributed by atoms with Gasteiger partial charge in [0.25, 0.3) is 0 Å². The van der Waals surface area contributed by atoms with Gasteiger partial charge in [0.05, 0.1) is 24.8 Å². The molecule has 0 saturated heterocycles. The molecule has 0 bridgehead atoms. The van der Waals surface area contributed by atoms with Gasteiger partial charge < -0.3 is 18.8 Å². The molecule has 5 rings (SSSR count). The number of thiophene rings is 2. The monoisotopic (exact) mass is 489 g/mol. The maximum absolute atomic E-state index is 9.72. The van der Waals surface area contributed by atoms with Gasteiger partial charge in [0.15, 0.2) is 5.58 Å². The number of oxazole rings is 1. The zero-order valence-corrected chi connectivity index (χ0v) is 20.5. The van der Waals surface area contributed by atoms with Crippen LogP contribution in [0.5, 0.6) is 0 Å². The highest BCUT2D eigenvalue weighted by molar-refractivity contribution is 7.24. The number of allylic oxidation sites excluding steroid dienone is 1. The standard InChI is InChI=1S/C26H23N3O3S2/c1-29(7-8-31-10-9-30-2)25-14-18-11-17-12-20(33-23(17)15-24(18)34-25)13-19(16-27)26-28-21-5-3-4-6-22(21)32-26/h3-6,11-15H,7-10H2,1-2H3/b19-13+. The minimum Gasteiger partial charge on any atom is -0.435 e. The van der Waals surface area contributed by atoms with Gasteiger partial charge in [0, 0.05) is 35.0 Å². The third kappa shape index (κ3) is 4.69. The number of nitriles is 1. The quantitative estimate of drug-likeness (QED) is 0.176. The van der Waals surface area contributed by atoms with Gasteiger partial charge >= 0.3 is 0 Å². The molecule has 0 spiro atoms. The highest BCUT2D eigenvalue weighted by Crippen LogP contribution is 2.38. The van der Waals surface area contributed by atoms with E-state index in [0.29, 0.717) is 36.9 Å². The number of para-hydroxylation sites is 2. The summed E-state index contributed by atoms with van der Waals surface area (Å²) < 4.78 is 18.8. The zero-order valence-electron chi connectivity index (χ0n) is 18.9. The van der Waals surface area contributed by atoms with Crippen LogP contribution in [-0.2, 0) is 9.47 Å². The Morgan fingerprint density at radius 2 is 1.91 bits per heavy atom. The van der Waals surface area contributed by atoms with Crippen LogP contribution in [0.1, 0.15) is 10.8 Å². The van der Waals surface area contributed by atoms with Crippen LogP contribution in [0.15, 0.2) is 52.9 Å². The van der Waals surface area contributed by atoms with E-state index in [4.69, 9.17) is 13.9 Å². The second-order valence-electron chi connectivity index (χ2n) is 7.84. The highest BCUT2D eigenvalue weighted by Gasteiger charge is 2.13. The summed E-state index contributed by atoms with van der Waals surface area (Å²) in [5.41, 5.74) is 1.84. The lowest BCUT2D eigenvalue weighted by molar-refractivity contribution is 0.0744. The zero-order chi connectivity index (χ0) is 23.5. The van der Waals surface area contributed by atoms with Gasteiger partial charge in [-0.3, -0.25) is 0 Å². The third-order valence-corrected chi connectivity index (χ3v) is 7.73. The van der Waals surface area contributed by atoms with Gasteiger partial charge in [-0.25, -0.2) is 4.98 Å². The molecule has 0 unspecified atom stereocenters. The number of benzene rings is 2. The Balaban J connectivity index is 1.37. The lowest BCUT2D eigenvalue weighted by Gasteiger charge is -2.16. The van der Waals surface area contributed by atoms with Crippen molar-refractivity contribution >= 4 is 70.6 Å². The molecule has 0 aliphatic carbocycles. The number of aromatic nitrogens is 1. The Kier molecular flexibility index (Phi) is 6.61. The van der Waals surface area contributed by atoms with Crippen molar-refractivity contribution in [1.29, 1.82) is 5.26 Å². The van der Waals surface area contributed by atoms with E-state index in [9.17, 15) is 5.26 Å². The second-order valence-corrected chi connectivity index (χ2v) is 10.0. The molecule has 2 aromatic carbocycles. The third-order valence-electron chi connectivity index (χ3n) is 5.47. The molecule has 0 amide bonds. The summed E-state index contributed by atoms with van der Waals surface area (Å²) in [6, 6.07) is 18.6. The Labute approximate surface area is 205 Å². The molecule has 0 N–H and O–H groups in total. The number of hydrogen-bond donors (Lipinski definition) is 0. The molecule has 34 heavy (non-hydrogen) atoms. The molecule has 0 aliphatic rings. The van der Waals surface area contributed by atoms with E-state index >= 15 is 0 Å². The number of anilines is 1. The number of fused-ring (bicyclic) bond motifs is 3. The fraction of sp³-hybridized carbons (Fsp3) is 0.231. The van der Waals surface area contributed by atoms with Gasteiger partial charge in [-0.05, 0) is 53.2 Å². The molecule has 6 nitrogen and oxygen atoms in total. The normalized spacial score (nSPS) is 12.1.